The second-order valence-corrected chi connectivity index (χ2v) is 7.29. The van der Waals surface area contributed by atoms with Gasteiger partial charge in [-0.1, -0.05) is 24.3 Å². The molecule has 1 aliphatic heterocycles. The summed E-state index contributed by atoms with van der Waals surface area (Å²) in [6.07, 6.45) is 1.50. The highest BCUT2D eigenvalue weighted by Crippen LogP contribution is 2.33. The SMILES string of the molecule is Cc1cccc(OCCN2C(=O)S/C(=C\c3ccc(C)c([N+](=O)[O-])c3)C2=O)c1. The third-order valence-electron chi connectivity index (χ3n) is 4.17. The molecule has 7 nitrogen and oxygen atoms in total. The van der Waals surface area contributed by atoms with Crippen LogP contribution < -0.4 is 4.74 Å². The van der Waals surface area contributed by atoms with Crippen molar-refractivity contribution in [2.24, 2.45) is 0 Å². The topological polar surface area (TPSA) is 89.8 Å². The van der Waals surface area contributed by atoms with Crippen molar-refractivity contribution in [1.82, 2.24) is 4.90 Å². The Kier molecular flexibility index (Phi) is 5.79. The lowest BCUT2D eigenvalue weighted by Gasteiger charge is -2.13. The van der Waals surface area contributed by atoms with Gasteiger partial charge in [-0.3, -0.25) is 24.6 Å². The van der Waals surface area contributed by atoms with Gasteiger partial charge in [0.05, 0.1) is 16.4 Å². The number of rotatable bonds is 6. The Morgan fingerprint density at radius 1 is 1.18 bits per heavy atom. The molecule has 0 N–H and O–H groups in total. The lowest BCUT2D eigenvalue weighted by atomic mass is 10.1. The van der Waals surface area contributed by atoms with E-state index in [0.29, 0.717) is 16.9 Å². The van der Waals surface area contributed by atoms with Crippen molar-refractivity contribution in [2.75, 3.05) is 13.2 Å². The third kappa shape index (κ3) is 4.40. The van der Waals surface area contributed by atoms with Crippen LogP contribution in [0, 0.1) is 24.0 Å². The van der Waals surface area contributed by atoms with Crippen molar-refractivity contribution in [3.63, 3.8) is 0 Å². The molecule has 0 aliphatic carbocycles. The van der Waals surface area contributed by atoms with E-state index >= 15 is 0 Å². The number of thioether (sulfide) groups is 1. The minimum absolute atomic E-state index is 0.0282. The van der Waals surface area contributed by atoms with Gasteiger partial charge < -0.3 is 4.74 Å². The Bertz CT molecular complexity index is 986. The summed E-state index contributed by atoms with van der Waals surface area (Å²) in [4.78, 5) is 36.7. The van der Waals surface area contributed by atoms with E-state index in [1.165, 1.54) is 12.1 Å². The molecule has 2 amide bonds. The first-order valence-corrected chi connectivity index (χ1v) is 9.36. The van der Waals surface area contributed by atoms with Crippen molar-refractivity contribution in [3.8, 4) is 5.75 Å². The average Bonchev–Trinajstić information content (AvgIpc) is 2.90. The van der Waals surface area contributed by atoms with Crippen molar-refractivity contribution in [1.29, 1.82) is 0 Å². The smallest absolute Gasteiger partial charge is 0.293 e. The van der Waals surface area contributed by atoms with Gasteiger partial charge in [-0.15, -0.1) is 0 Å². The molecule has 1 heterocycles. The van der Waals surface area contributed by atoms with Gasteiger partial charge in [-0.2, -0.15) is 0 Å². The number of imide groups is 1. The Morgan fingerprint density at radius 3 is 2.68 bits per heavy atom. The number of carbonyl (C=O) groups excluding carboxylic acids is 2. The predicted molar refractivity (Wildman–Crippen MR) is 107 cm³/mol. The fraction of sp³-hybridized carbons (Fsp3) is 0.200. The maximum atomic E-state index is 12.5. The number of benzene rings is 2. The number of ether oxygens (including phenoxy) is 1. The fourth-order valence-electron chi connectivity index (χ4n) is 2.72. The highest BCUT2D eigenvalue weighted by atomic mass is 32.2. The van der Waals surface area contributed by atoms with Crippen LogP contribution in [0.5, 0.6) is 5.75 Å². The van der Waals surface area contributed by atoms with Crippen LogP contribution in [0.25, 0.3) is 6.08 Å². The Morgan fingerprint density at radius 2 is 1.96 bits per heavy atom. The van der Waals surface area contributed by atoms with Crippen LogP contribution in [0.4, 0.5) is 10.5 Å². The van der Waals surface area contributed by atoms with Crippen LogP contribution in [-0.2, 0) is 4.79 Å². The molecular weight excluding hydrogens is 380 g/mol. The zero-order valence-corrected chi connectivity index (χ0v) is 16.2. The van der Waals surface area contributed by atoms with E-state index in [1.54, 1.807) is 19.1 Å². The van der Waals surface area contributed by atoms with Crippen LogP contribution >= 0.6 is 11.8 Å². The van der Waals surface area contributed by atoms with Gasteiger partial charge in [-0.05, 0) is 54.9 Å². The zero-order chi connectivity index (χ0) is 20.3. The highest BCUT2D eigenvalue weighted by Gasteiger charge is 2.34. The van der Waals surface area contributed by atoms with Crippen LogP contribution in [0.15, 0.2) is 47.4 Å². The second-order valence-electron chi connectivity index (χ2n) is 6.30. The summed E-state index contributed by atoms with van der Waals surface area (Å²) in [5, 5.41) is 10.7. The van der Waals surface area contributed by atoms with E-state index < -0.39 is 10.8 Å². The largest absolute Gasteiger partial charge is 0.492 e. The molecule has 1 aliphatic rings. The molecule has 28 heavy (non-hydrogen) atoms. The summed E-state index contributed by atoms with van der Waals surface area (Å²) >= 11 is 0.817. The molecular formula is C20H18N2O5S. The van der Waals surface area contributed by atoms with Gasteiger partial charge in [0.2, 0.25) is 0 Å². The van der Waals surface area contributed by atoms with Gasteiger partial charge in [0.15, 0.2) is 0 Å². The normalized spacial score (nSPS) is 15.4. The first-order chi connectivity index (χ1) is 13.3. The van der Waals surface area contributed by atoms with Gasteiger partial charge in [-0.25, -0.2) is 0 Å². The lowest BCUT2D eigenvalue weighted by Crippen LogP contribution is -2.32. The summed E-state index contributed by atoms with van der Waals surface area (Å²) in [6, 6.07) is 12.2. The van der Waals surface area contributed by atoms with Gasteiger partial charge in [0.1, 0.15) is 12.4 Å². The molecule has 1 saturated heterocycles. The molecule has 0 saturated carbocycles. The molecule has 0 spiro atoms. The summed E-state index contributed by atoms with van der Waals surface area (Å²) in [5.41, 5.74) is 2.06. The minimum Gasteiger partial charge on any atom is -0.492 e. The molecule has 2 aromatic rings. The molecule has 0 unspecified atom stereocenters. The number of nitro groups is 1. The zero-order valence-electron chi connectivity index (χ0n) is 15.4. The molecule has 0 bridgehead atoms. The number of amides is 2. The quantitative estimate of drug-likeness (QED) is 0.409. The molecule has 3 rings (SSSR count). The van der Waals surface area contributed by atoms with E-state index in [1.807, 2.05) is 31.2 Å². The molecule has 1 fully saturated rings. The standard InChI is InChI=1S/C20H18N2O5S/c1-13-4-3-5-16(10-13)27-9-8-21-19(23)18(28-20(21)24)12-15-7-6-14(2)17(11-15)22(25)26/h3-7,10-12H,8-9H2,1-2H3/b18-12-. The second kappa shape index (κ2) is 8.26. The Labute approximate surface area is 166 Å². The third-order valence-corrected chi connectivity index (χ3v) is 5.08. The predicted octanol–water partition coefficient (Wildman–Crippen LogP) is 4.33. The molecule has 0 radical (unpaired) electrons. The van der Waals surface area contributed by atoms with Crippen LogP contribution in [-0.4, -0.2) is 34.1 Å². The summed E-state index contributed by atoms with van der Waals surface area (Å²) in [6.45, 7) is 3.91. The Balaban J connectivity index is 1.68. The maximum Gasteiger partial charge on any atom is 0.293 e. The first-order valence-electron chi connectivity index (χ1n) is 8.55. The van der Waals surface area contributed by atoms with Crippen molar-refractivity contribution in [2.45, 2.75) is 13.8 Å². The molecule has 0 aromatic heterocycles. The fourth-order valence-corrected chi connectivity index (χ4v) is 3.58. The number of aryl methyl sites for hydroxylation is 2. The van der Waals surface area contributed by atoms with Crippen molar-refractivity contribution < 1.29 is 19.2 Å². The molecule has 144 valence electrons. The maximum absolute atomic E-state index is 12.5. The van der Waals surface area contributed by atoms with E-state index in [4.69, 9.17) is 4.74 Å². The summed E-state index contributed by atoms with van der Waals surface area (Å²) in [7, 11) is 0. The number of carbonyl (C=O) groups is 2. The number of hydrogen-bond acceptors (Lipinski definition) is 6. The van der Waals surface area contributed by atoms with E-state index in [9.17, 15) is 19.7 Å². The Hall–Kier alpha value is -3.13. The van der Waals surface area contributed by atoms with Gasteiger partial charge in [0, 0.05) is 11.6 Å². The van der Waals surface area contributed by atoms with Crippen LogP contribution in [0.1, 0.15) is 16.7 Å². The summed E-state index contributed by atoms with van der Waals surface area (Å²) < 4.78 is 5.60. The average molecular weight is 398 g/mol. The van der Waals surface area contributed by atoms with Gasteiger partial charge >= 0.3 is 0 Å². The summed E-state index contributed by atoms with van der Waals surface area (Å²) in [5.74, 6) is 0.251. The molecule has 2 aromatic carbocycles. The number of hydrogen-bond donors (Lipinski definition) is 0. The lowest BCUT2D eigenvalue weighted by molar-refractivity contribution is -0.385. The molecule has 0 atom stereocenters. The van der Waals surface area contributed by atoms with Crippen molar-refractivity contribution in [3.05, 3.63) is 74.2 Å². The number of nitrogens with zero attached hydrogens (tertiary/aromatic N) is 2. The van der Waals surface area contributed by atoms with E-state index in [-0.39, 0.29) is 29.0 Å². The van der Waals surface area contributed by atoms with Gasteiger partial charge in [0.25, 0.3) is 16.8 Å². The first kappa shape index (κ1) is 19.6. The number of nitro benzene ring substituents is 1. The molecule has 8 heteroatoms. The van der Waals surface area contributed by atoms with Crippen molar-refractivity contribution >= 4 is 34.7 Å². The van der Waals surface area contributed by atoms with Crippen LogP contribution in [0.3, 0.4) is 0 Å². The monoisotopic (exact) mass is 398 g/mol. The van der Waals surface area contributed by atoms with Crippen LogP contribution in [0.2, 0.25) is 0 Å². The van der Waals surface area contributed by atoms with E-state index in [0.717, 1.165) is 22.2 Å². The highest BCUT2D eigenvalue weighted by molar-refractivity contribution is 8.18. The minimum atomic E-state index is -0.471. The van der Waals surface area contributed by atoms with E-state index in [2.05, 4.69) is 0 Å².